The number of imide groups is 1. The van der Waals surface area contributed by atoms with Crippen molar-refractivity contribution >= 4 is 23.4 Å². The first-order valence-corrected chi connectivity index (χ1v) is 10.9. The Labute approximate surface area is 194 Å². The molecule has 1 aliphatic heterocycles. The zero-order valence-corrected chi connectivity index (χ0v) is 18.8. The number of rotatable bonds is 3. The van der Waals surface area contributed by atoms with Gasteiger partial charge in [-0.2, -0.15) is 5.06 Å². The van der Waals surface area contributed by atoms with Crippen LogP contribution in [0.5, 0.6) is 17.2 Å². The van der Waals surface area contributed by atoms with Crippen molar-refractivity contribution in [1.82, 2.24) is 5.06 Å². The van der Waals surface area contributed by atoms with E-state index in [1.54, 1.807) is 19.1 Å². The Balaban J connectivity index is 1.77. The van der Waals surface area contributed by atoms with Crippen molar-refractivity contribution in [3.05, 3.63) is 52.1 Å². The molecule has 0 aromatic heterocycles. The quantitative estimate of drug-likeness (QED) is 0.301. The molecule has 5 rings (SSSR count). The summed E-state index contributed by atoms with van der Waals surface area (Å²) in [6, 6.07) is 2.96. The van der Waals surface area contributed by atoms with Crippen molar-refractivity contribution in [2.24, 2.45) is 17.8 Å². The number of nitrogens with zero attached hydrogens (tertiary/aromatic N) is 1. The Morgan fingerprint density at radius 2 is 1.76 bits per heavy atom. The molecule has 34 heavy (non-hydrogen) atoms. The summed E-state index contributed by atoms with van der Waals surface area (Å²) in [7, 11) is 2.86. The zero-order chi connectivity index (χ0) is 24.5. The number of phenols is 1. The molecule has 4 atom stereocenters. The van der Waals surface area contributed by atoms with Gasteiger partial charge in [0.2, 0.25) is 0 Å². The fraction of sp³-hybridized carbons (Fsp3) is 0.360. The lowest BCUT2D eigenvalue weighted by molar-refractivity contribution is -0.173. The lowest BCUT2D eigenvalue weighted by atomic mass is 9.59. The molecule has 1 aromatic carbocycles. The predicted molar refractivity (Wildman–Crippen MR) is 116 cm³/mol. The van der Waals surface area contributed by atoms with E-state index in [-0.39, 0.29) is 63.3 Å². The summed E-state index contributed by atoms with van der Waals surface area (Å²) in [6.45, 7) is 1.55. The van der Waals surface area contributed by atoms with Gasteiger partial charge in [-0.1, -0.05) is 11.6 Å². The van der Waals surface area contributed by atoms with E-state index in [0.29, 0.717) is 11.3 Å². The van der Waals surface area contributed by atoms with Crippen LogP contribution < -0.4 is 9.47 Å². The number of benzene rings is 1. The van der Waals surface area contributed by atoms with Gasteiger partial charge < -0.3 is 14.6 Å². The number of ether oxygens (including phenoxy) is 2. The van der Waals surface area contributed by atoms with Crippen LogP contribution in [0, 0.1) is 17.8 Å². The Kier molecular flexibility index (Phi) is 4.98. The number of aromatic hydroxyl groups is 1. The molecule has 1 aromatic rings. The Hall–Kier alpha value is -3.72. The highest BCUT2D eigenvalue weighted by Gasteiger charge is 2.56. The van der Waals surface area contributed by atoms with Crippen molar-refractivity contribution in [1.29, 1.82) is 0 Å². The highest BCUT2D eigenvalue weighted by molar-refractivity contribution is 6.23. The van der Waals surface area contributed by atoms with Crippen LogP contribution >= 0.6 is 0 Å². The molecule has 9 nitrogen and oxygen atoms in total. The van der Waals surface area contributed by atoms with Gasteiger partial charge in [-0.25, -0.2) is 0 Å². The van der Waals surface area contributed by atoms with E-state index >= 15 is 0 Å². The van der Waals surface area contributed by atoms with Crippen molar-refractivity contribution in [2.75, 3.05) is 14.2 Å². The van der Waals surface area contributed by atoms with Crippen molar-refractivity contribution in [3.63, 3.8) is 0 Å². The number of methoxy groups -OCH3 is 2. The van der Waals surface area contributed by atoms with Gasteiger partial charge >= 0.3 is 0 Å². The standard InChI is InChI=1S/C25H23NO8/c1-10-6-16(27)20-15(23(10)29)9-14-12(4-5-13-19(14)25(31)26(32)24(13)30)21(20)22-17(28)7-11(33-2)8-18(22)34-3/h4,6-8,13-14,19,21,28,32H,5,9H2,1-3H3. The van der Waals surface area contributed by atoms with Gasteiger partial charge in [-0.05, 0) is 31.8 Å². The molecule has 0 saturated carbocycles. The molecule has 0 bridgehead atoms. The molecule has 1 saturated heterocycles. The zero-order valence-electron chi connectivity index (χ0n) is 18.8. The number of hydrogen-bond acceptors (Lipinski definition) is 8. The molecule has 1 heterocycles. The molecule has 9 heteroatoms. The number of Topliss-reactive ketones (excluding diaryl/α,β-unsaturated/α-hetero) is 1. The number of carbonyl (C=O) groups is 4. The molecule has 0 spiro atoms. The lowest BCUT2D eigenvalue weighted by Gasteiger charge is -2.42. The minimum atomic E-state index is -0.869. The van der Waals surface area contributed by atoms with Crippen LogP contribution in [-0.2, 0) is 19.2 Å². The van der Waals surface area contributed by atoms with Crippen molar-refractivity contribution in [2.45, 2.75) is 25.7 Å². The van der Waals surface area contributed by atoms with Gasteiger partial charge in [-0.15, -0.1) is 0 Å². The third-order valence-corrected chi connectivity index (χ3v) is 7.38. The van der Waals surface area contributed by atoms with Crippen LogP contribution in [0.2, 0.25) is 0 Å². The van der Waals surface area contributed by atoms with Crippen LogP contribution in [0.4, 0.5) is 0 Å². The maximum Gasteiger partial charge on any atom is 0.257 e. The topological polar surface area (TPSA) is 130 Å². The average Bonchev–Trinajstić information content (AvgIpc) is 3.05. The third-order valence-electron chi connectivity index (χ3n) is 7.38. The number of fused-ring (bicyclic) bond motifs is 3. The SMILES string of the molecule is COc1cc(O)c(C2C3=CCC4C(=O)N(O)C(=O)C4C3CC3=C2C(=O)C=C(C)C3=O)c(OC)c1. The molecule has 2 N–H and O–H groups in total. The summed E-state index contributed by atoms with van der Waals surface area (Å²) < 4.78 is 10.8. The summed E-state index contributed by atoms with van der Waals surface area (Å²) in [5.74, 6) is -4.75. The monoisotopic (exact) mass is 465 g/mol. The second-order valence-corrected chi connectivity index (χ2v) is 8.98. The number of hydroxylamine groups is 2. The number of phenolic OH excluding ortho intramolecular Hbond substituents is 1. The van der Waals surface area contributed by atoms with Crippen LogP contribution in [0.3, 0.4) is 0 Å². The summed E-state index contributed by atoms with van der Waals surface area (Å²) in [5.41, 5.74) is 1.69. The Morgan fingerprint density at radius 3 is 2.44 bits per heavy atom. The lowest BCUT2D eigenvalue weighted by Crippen LogP contribution is -2.39. The fourth-order valence-corrected chi connectivity index (χ4v) is 5.86. The molecular weight excluding hydrogens is 442 g/mol. The first-order chi connectivity index (χ1) is 16.2. The Morgan fingerprint density at radius 1 is 1.03 bits per heavy atom. The van der Waals surface area contributed by atoms with Gasteiger partial charge in [0.1, 0.15) is 17.2 Å². The largest absolute Gasteiger partial charge is 0.507 e. The molecular formula is C25H23NO8. The first kappa shape index (κ1) is 22.1. The maximum atomic E-state index is 13.2. The van der Waals surface area contributed by atoms with E-state index in [9.17, 15) is 29.5 Å². The van der Waals surface area contributed by atoms with E-state index in [0.717, 1.165) is 0 Å². The van der Waals surface area contributed by atoms with Crippen LogP contribution in [0.15, 0.2) is 46.6 Å². The fourth-order valence-electron chi connectivity index (χ4n) is 5.86. The first-order valence-electron chi connectivity index (χ1n) is 10.9. The second-order valence-electron chi connectivity index (χ2n) is 8.98. The molecule has 4 unspecified atom stereocenters. The molecule has 176 valence electrons. The highest BCUT2D eigenvalue weighted by atomic mass is 16.5. The number of carbonyl (C=O) groups excluding carboxylic acids is 4. The van der Waals surface area contributed by atoms with Crippen LogP contribution in [0.25, 0.3) is 0 Å². The van der Waals surface area contributed by atoms with Crippen LogP contribution in [0.1, 0.15) is 31.2 Å². The smallest absolute Gasteiger partial charge is 0.257 e. The second kappa shape index (κ2) is 7.66. The number of ketones is 2. The minimum Gasteiger partial charge on any atom is -0.507 e. The summed E-state index contributed by atoms with van der Waals surface area (Å²) in [6.07, 6.45) is 3.35. The number of amides is 2. The van der Waals surface area contributed by atoms with Gasteiger partial charge in [0.05, 0.1) is 26.1 Å². The molecule has 0 radical (unpaired) electrons. The van der Waals surface area contributed by atoms with E-state index < -0.39 is 35.5 Å². The number of allylic oxidation sites excluding steroid dienone is 6. The normalized spacial score (nSPS) is 28.3. The minimum absolute atomic E-state index is 0.0840. The average molecular weight is 465 g/mol. The van der Waals surface area contributed by atoms with Crippen molar-refractivity contribution < 1.29 is 39.0 Å². The van der Waals surface area contributed by atoms with E-state index in [4.69, 9.17) is 9.47 Å². The summed E-state index contributed by atoms with van der Waals surface area (Å²) in [4.78, 5) is 51.7. The summed E-state index contributed by atoms with van der Waals surface area (Å²) in [5, 5.41) is 21.2. The van der Waals surface area contributed by atoms with Crippen LogP contribution in [-0.4, -0.2) is 53.0 Å². The van der Waals surface area contributed by atoms with E-state index in [1.165, 1.54) is 26.4 Å². The summed E-state index contributed by atoms with van der Waals surface area (Å²) >= 11 is 0. The highest BCUT2D eigenvalue weighted by Crippen LogP contribution is 2.57. The van der Waals surface area contributed by atoms with Gasteiger partial charge in [0, 0.05) is 40.3 Å². The molecule has 1 fully saturated rings. The van der Waals surface area contributed by atoms with E-state index in [1.807, 2.05) is 0 Å². The molecule has 3 aliphatic carbocycles. The van der Waals surface area contributed by atoms with Gasteiger partial charge in [0.15, 0.2) is 11.6 Å². The number of hydrogen-bond donors (Lipinski definition) is 2. The molecule has 4 aliphatic rings. The Bertz CT molecular complexity index is 1270. The van der Waals surface area contributed by atoms with Gasteiger partial charge in [-0.3, -0.25) is 24.4 Å². The van der Waals surface area contributed by atoms with Crippen molar-refractivity contribution in [3.8, 4) is 17.2 Å². The predicted octanol–water partition coefficient (Wildman–Crippen LogP) is 2.23. The molecule has 2 amide bonds. The van der Waals surface area contributed by atoms with E-state index in [2.05, 4.69) is 0 Å². The maximum absolute atomic E-state index is 13.2. The van der Waals surface area contributed by atoms with Gasteiger partial charge in [0.25, 0.3) is 11.8 Å². The third kappa shape index (κ3) is 2.89.